The second-order valence-electron chi connectivity index (χ2n) is 8.22. The molecule has 0 aliphatic carbocycles. The molecule has 39 heavy (non-hydrogen) atoms. The molecular weight excluding hydrogens is 596 g/mol. The number of fused-ring (bicyclic) bond motifs is 1. The van der Waals surface area contributed by atoms with E-state index in [0.29, 0.717) is 10.0 Å². The predicted molar refractivity (Wildman–Crippen MR) is 142 cm³/mol. The smallest absolute Gasteiger partial charge is 0.269 e. The van der Waals surface area contributed by atoms with E-state index in [1.54, 1.807) is 18.2 Å². The molecule has 9 nitrogen and oxygen atoms in total. The molecule has 198 valence electrons. The first-order valence-electron chi connectivity index (χ1n) is 11.3. The van der Waals surface area contributed by atoms with Crippen LogP contribution in [0.25, 0.3) is 11.0 Å². The number of ether oxygens (including phenoxy) is 1. The Morgan fingerprint density at radius 1 is 1.05 bits per heavy atom. The summed E-state index contributed by atoms with van der Waals surface area (Å²) in [7, 11) is -2.72. The molecule has 0 bridgehead atoms. The molecule has 1 aromatic carbocycles. The summed E-state index contributed by atoms with van der Waals surface area (Å²) in [5.41, 5.74) is -0.0583. The van der Waals surface area contributed by atoms with Gasteiger partial charge in [0.15, 0.2) is 11.4 Å². The largest absolute Gasteiger partial charge is 0.481 e. The molecule has 0 radical (unpaired) electrons. The van der Waals surface area contributed by atoms with Crippen LogP contribution in [0.5, 0.6) is 5.88 Å². The number of pyridine rings is 3. The van der Waals surface area contributed by atoms with Crippen LogP contribution in [0.2, 0.25) is 0 Å². The number of methoxy groups -OCH3 is 1. The first-order valence-corrected chi connectivity index (χ1v) is 13.5. The molecule has 4 aromatic heterocycles. The zero-order valence-electron chi connectivity index (χ0n) is 20.1. The van der Waals surface area contributed by atoms with Gasteiger partial charge in [0.1, 0.15) is 11.6 Å². The van der Waals surface area contributed by atoms with Crippen LogP contribution in [0.15, 0.2) is 82.6 Å². The number of rotatable bonds is 8. The maximum Gasteiger partial charge on any atom is 0.269 e. The van der Waals surface area contributed by atoms with Crippen molar-refractivity contribution < 1.29 is 26.7 Å². The summed E-state index contributed by atoms with van der Waals surface area (Å²) in [6.45, 7) is 0.0260. The van der Waals surface area contributed by atoms with Crippen LogP contribution in [-0.2, 0) is 16.6 Å². The van der Waals surface area contributed by atoms with E-state index in [9.17, 15) is 17.6 Å². The van der Waals surface area contributed by atoms with E-state index in [4.69, 9.17) is 4.74 Å². The molecule has 0 aliphatic heterocycles. The summed E-state index contributed by atoms with van der Waals surface area (Å²) in [6.07, 6.45) is 3.54. The minimum atomic E-state index is -4.11. The first kappa shape index (κ1) is 26.4. The number of nitrogens with zero attached hydrogens (tertiary/aromatic N) is 4. The molecule has 13 heteroatoms. The van der Waals surface area contributed by atoms with Gasteiger partial charge in [0, 0.05) is 34.4 Å². The van der Waals surface area contributed by atoms with Gasteiger partial charge in [-0.2, -0.15) is 4.39 Å². The number of halogens is 3. The summed E-state index contributed by atoms with van der Waals surface area (Å²) in [4.78, 5) is 25.3. The summed E-state index contributed by atoms with van der Waals surface area (Å²) >= 11 is 3.29. The van der Waals surface area contributed by atoms with E-state index in [-0.39, 0.29) is 45.3 Å². The maximum absolute atomic E-state index is 15.1. The van der Waals surface area contributed by atoms with Gasteiger partial charge in [0.2, 0.25) is 11.8 Å². The Hall–Kier alpha value is -4.23. The third-order valence-corrected chi connectivity index (χ3v) is 7.86. The molecule has 0 saturated heterocycles. The molecule has 0 atom stereocenters. The molecule has 5 rings (SSSR count). The highest BCUT2D eigenvalue weighted by atomic mass is 79.9. The molecule has 5 aromatic rings. The Morgan fingerprint density at radius 3 is 2.54 bits per heavy atom. The van der Waals surface area contributed by atoms with Gasteiger partial charge in [-0.3, -0.25) is 4.79 Å². The van der Waals surface area contributed by atoms with E-state index < -0.39 is 27.6 Å². The number of benzene rings is 1. The minimum absolute atomic E-state index is 0.000907. The van der Waals surface area contributed by atoms with Crippen molar-refractivity contribution in [3.63, 3.8) is 0 Å². The highest BCUT2D eigenvalue weighted by Crippen LogP contribution is 2.29. The summed E-state index contributed by atoms with van der Waals surface area (Å²) < 4.78 is 61.8. The van der Waals surface area contributed by atoms with Gasteiger partial charge in [0.25, 0.3) is 10.0 Å². The number of ketones is 1. The van der Waals surface area contributed by atoms with Gasteiger partial charge in [-0.15, -0.1) is 0 Å². The quantitative estimate of drug-likeness (QED) is 0.193. The molecule has 0 unspecified atom stereocenters. The highest BCUT2D eigenvalue weighted by molar-refractivity contribution is 9.10. The number of nitrogens with one attached hydrogen (secondary N) is 1. The van der Waals surface area contributed by atoms with Crippen molar-refractivity contribution in [3.05, 3.63) is 106 Å². The van der Waals surface area contributed by atoms with Crippen LogP contribution in [0.4, 0.5) is 14.6 Å². The highest BCUT2D eigenvalue weighted by Gasteiger charge is 2.27. The van der Waals surface area contributed by atoms with Crippen LogP contribution >= 0.6 is 15.9 Å². The van der Waals surface area contributed by atoms with Crippen LogP contribution in [0, 0.1) is 11.8 Å². The van der Waals surface area contributed by atoms with Crippen molar-refractivity contribution in [1.82, 2.24) is 18.9 Å². The van der Waals surface area contributed by atoms with Gasteiger partial charge in [-0.05, 0) is 52.3 Å². The number of anilines is 1. The Bertz CT molecular complexity index is 1830. The SMILES string of the molecule is COc1ncc(F)cc1CNc1ccc(C(=O)c2cn(S(=O)(=O)c3ccccc3)c3ncc(Br)cc23)c(F)n1. The fourth-order valence-corrected chi connectivity index (χ4v) is 5.61. The molecule has 1 N–H and O–H groups in total. The van der Waals surface area contributed by atoms with Gasteiger partial charge in [-0.25, -0.2) is 31.7 Å². The van der Waals surface area contributed by atoms with Gasteiger partial charge in [0.05, 0.1) is 29.3 Å². The van der Waals surface area contributed by atoms with E-state index in [0.717, 1.165) is 16.4 Å². The van der Waals surface area contributed by atoms with Crippen molar-refractivity contribution in [1.29, 1.82) is 0 Å². The third-order valence-electron chi connectivity index (χ3n) is 5.76. The van der Waals surface area contributed by atoms with Crippen molar-refractivity contribution in [2.24, 2.45) is 0 Å². The van der Waals surface area contributed by atoms with Gasteiger partial charge >= 0.3 is 0 Å². The lowest BCUT2D eigenvalue weighted by Gasteiger charge is -2.10. The van der Waals surface area contributed by atoms with E-state index in [1.807, 2.05) is 0 Å². The number of carbonyl (C=O) groups is 1. The van der Waals surface area contributed by atoms with Crippen molar-refractivity contribution >= 4 is 48.6 Å². The first-order chi connectivity index (χ1) is 18.7. The fraction of sp³-hybridized carbons (Fsp3) is 0.0769. The molecule has 0 saturated carbocycles. The van der Waals surface area contributed by atoms with Crippen molar-refractivity contribution in [3.8, 4) is 5.88 Å². The summed E-state index contributed by atoms with van der Waals surface area (Å²) in [5, 5.41) is 3.05. The molecule has 0 fully saturated rings. The lowest BCUT2D eigenvalue weighted by atomic mass is 10.0. The monoisotopic (exact) mass is 613 g/mol. The van der Waals surface area contributed by atoms with Crippen LogP contribution in [0.3, 0.4) is 0 Å². The fourth-order valence-electron chi connectivity index (χ4n) is 3.94. The van der Waals surface area contributed by atoms with Crippen molar-refractivity contribution in [2.45, 2.75) is 11.4 Å². The molecular formula is C26H18BrF2N5O4S. The van der Waals surface area contributed by atoms with Gasteiger partial charge in [-0.1, -0.05) is 18.2 Å². The summed E-state index contributed by atoms with van der Waals surface area (Å²) in [5.74, 6) is -2.16. The average Bonchev–Trinajstić information content (AvgIpc) is 3.31. The second kappa shape index (κ2) is 10.5. The number of carbonyl (C=O) groups excluding carboxylic acids is 1. The lowest BCUT2D eigenvalue weighted by molar-refractivity contribution is 0.103. The van der Waals surface area contributed by atoms with Crippen LogP contribution in [-0.4, -0.2) is 40.2 Å². The van der Waals surface area contributed by atoms with Gasteiger partial charge < -0.3 is 10.1 Å². The molecule has 0 aliphatic rings. The van der Waals surface area contributed by atoms with E-state index in [1.165, 1.54) is 49.7 Å². The van der Waals surface area contributed by atoms with Crippen LogP contribution < -0.4 is 10.1 Å². The van der Waals surface area contributed by atoms with Crippen LogP contribution in [0.1, 0.15) is 21.5 Å². The maximum atomic E-state index is 15.1. The average molecular weight is 614 g/mol. The molecule has 0 spiro atoms. The second-order valence-corrected chi connectivity index (χ2v) is 11.0. The van der Waals surface area contributed by atoms with Crippen molar-refractivity contribution in [2.75, 3.05) is 12.4 Å². The lowest BCUT2D eigenvalue weighted by Crippen LogP contribution is -2.13. The standard InChI is InChI=1S/C26H18BrF2N5O4S/c1-38-26-15(9-17(28)13-32-26)11-30-22-8-7-19(24(29)33-22)23(35)21-14-34(25-20(21)10-16(27)12-31-25)39(36,37)18-5-3-2-4-6-18/h2-10,12-14H,11H2,1H3,(H,30,33). The number of hydrogen-bond acceptors (Lipinski definition) is 8. The third kappa shape index (κ3) is 5.10. The van der Waals surface area contributed by atoms with E-state index in [2.05, 4.69) is 36.2 Å². The Morgan fingerprint density at radius 2 is 1.82 bits per heavy atom. The zero-order valence-corrected chi connectivity index (χ0v) is 22.5. The van der Waals surface area contributed by atoms with E-state index >= 15 is 4.39 Å². The predicted octanol–water partition coefficient (Wildman–Crippen LogP) is 4.96. The zero-order chi connectivity index (χ0) is 27.7. The number of hydrogen-bond donors (Lipinski definition) is 1. The number of aromatic nitrogens is 4. The minimum Gasteiger partial charge on any atom is -0.481 e. The molecule has 0 amide bonds. The Balaban J connectivity index is 1.49. The Kier molecular flexibility index (Phi) is 7.10. The Labute approximate surface area is 229 Å². The normalized spacial score (nSPS) is 11.5. The molecule has 4 heterocycles. The topological polar surface area (TPSA) is 116 Å². The summed E-state index contributed by atoms with van der Waals surface area (Å²) in [6, 6.07) is 13.0.